The van der Waals surface area contributed by atoms with Crippen LogP contribution in [0.3, 0.4) is 0 Å². The molecule has 1 aromatic rings. The average molecular weight is 208 g/mol. The van der Waals surface area contributed by atoms with Crippen molar-refractivity contribution in [3.05, 3.63) is 29.6 Å². The molecule has 80 valence electrons. The second-order valence-electron chi connectivity index (χ2n) is 4.25. The van der Waals surface area contributed by atoms with Gasteiger partial charge in [0.25, 0.3) is 5.91 Å². The highest BCUT2D eigenvalue weighted by molar-refractivity contribution is 5.95. The van der Waals surface area contributed by atoms with Crippen molar-refractivity contribution in [2.75, 3.05) is 5.73 Å². The number of nitrogens with two attached hydrogens (primary N) is 1. The Morgan fingerprint density at radius 2 is 2.20 bits per heavy atom. The van der Waals surface area contributed by atoms with Gasteiger partial charge < -0.3 is 11.1 Å². The van der Waals surface area contributed by atoms with E-state index in [0.717, 1.165) is 18.9 Å². The molecule has 0 radical (unpaired) electrons. The molecule has 0 atom stereocenters. The van der Waals surface area contributed by atoms with Crippen LogP contribution in [0, 0.1) is 5.82 Å². The summed E-state index contributed by atoms with van der Waals surface area (Å²) in [5, 5.41) is 2.79. The van der Waals surface area contributed by atoms with Crippen LogP contribution in [0.25, 0.3) is 0 Å². The number of nitrogen functional groups attached to an aromatic ring is 1. The molecule has 3 nitrogen and oxygen atoms in total. The quantitative estimate of drug-likeness (QED) is 0.727. The molecule has 15 heavy (non-hydrogen) atoms. The Morgan fingerprint density at radius 3 is 2.73 bits per heavy atom. The Balaban J connectivity index is 2.18. The fourth-order valence-electron chi connectivity index (χ4n) is 1.37. The van der Waals surface area contributed by atoms with Crippen LogP contribution in [-0.2, 0) is 0 Å². The molecular weight excluding hydrogens is 195 g/mol. The summed E-state index contributed by atoms with van der Waals surface area (Å²) in [6.45, 7) is 1.94. The zero-order chi connectivity index (χ0) is 11.1. The zero-order valence-corrected chi connectivity index (χ0v) is 8.51. The van der Waals surface area contributed by atoms with Crippen LogP contribution in [0.2, 0.25) is 0 Å². The summed E-state index contributed by atoms with van der Waals surface area (Å²) in [7, 11) is 0. The summed E-state index contributed by atoms with van der Waals surface area (Å²) in [5.74, 6) is -0.941. The molecule has 3 N–H and O–H groups in total. The van der Waals surface area contributed by atoms with E-state index in [1.165, 1.54) is 12.1 Å². The monoisotopic (exact) mass is 208 g/mol. The minimum absolute atomic E-state index is 0.0531. The molecule has 0 aliphatic heterocycles. The molecule has 0 heterocycles. The van der Waals surface area contributed by atoms with Gasteiger partial charge in [-0.25, -0.2) is 4.39 Å². The first-order valence-electron chi connectivity index (χ1n) is 4.88. The number of hydrogen-bond donors (Lipinski definition) is 2. The third-order valence-corrected chi connectivity index (χ3v) is 2.65. The number of rotatable bonds is 2. The Hall–Kier alpha value is -1.58. The van der Waals surface area contributed by atoms with Crippen LogP contribution in [-0.4, -0.2) is 11.4 Å². The Morgan fingerprint density at radius 1 is 1.53 bits per heavy atom. The number of carbonyl (C=O) groups excluding carboxylic acids is 1. The van der Waals surface area contributed by atoms with Gasteiger partial charge in [-0.2, -0.15) is 0 Å². The van der Waals surface area contributed by atoms with Crippen molar-refractivity contribution >= 4 is 11.6 Å². The summed E-state index contributed by atoms with van der Waals surface area (Å²) in [5.41, 5.74) is 5.64. The molecular formula is C11H13FN2O. The van der Waals surface area contributed by atoms with E-state index < -0.39 is 5.82 Å². The van der Waals surface area contributed by atoms with Crippen LogP contribution in [0.1, 0.15) is 30.1 Å². The molecule has 1 fully saturated rings. The van der Waals surface area contributed by atoms with E-state index in [0.29, 0.717) is 5.69 Å². The fraction of sp³-hybridized carbons (Fsp3) is 0.364. The van der Waals surface area contributed by atoms with Gasteiger partial charge >= 0.3 is 0 Å². The highest BCUT2D eigenvalue weighted by Gasteiger charge is 2.39. The van der Waals surface area contributed by atoms with Crippen molar-refractivity contribution in [2.45, 2.75) is 25.3 Å². The zero-order valence-electron chi connectivity index (χ0n) is 8.51. The fourth-order valence-corrected chi connectivity index (χ4v) is 1.37. The molecule has 0 bridgehead atoms. The van der Waals surface area contributed by atoms with E-state index in [-0.39, 0.29) is 17.0 Å². The first-order chi connectivity index (χ1) is 7.00. The third-order valence-electron chi connectivity index (χ3n) is 2.65. The molecule has 0 saturated heterocycles. The normalized spacial score (nSPS) is 17.2. The maximum absolute atomic E-state index is 13.4. The van der Waals surface area contributed by atoms with Crippen LogP contribution < -0.4 is 11.1 Å². The second kappa shape index (κ2) is 3.22. The number of amides is 1. The van der Waals surface area contributed by atoms with Crippen molar-refractivity contribution in [1.29, 1.82) is 0 Å². The van der Waals surface area contributed by atoms with Crippen molar-refractivity contribution in [3.8, 4) is 0 Å². The molecule has 1 saturated carbocycles. The summed E-state index contributed by atoms with van der Waals surface area (Å²) >= 11 is 0. The molecule has 1 aromatic carbocycles. The smallest absolute Gasteiger partial charge is 0.254 e. The van der Waals surface area contributed by atoms with Gasteiger partial charge in [0.2, 0.25) is 0 Å². The Kier molecular flexibility index (Phi) is 2.14. The van der Waals surface area contributed by atoms with E-state index in [1.807, 2.05) is 6.92 Å². The van der Waals surface area contributed by atoms with Crippen molar-refractivity contribution < 1.29 is 9.18 Å². The number of carbonyl (C=O) groups is 1. The molecule has 1 aliphatic rings. The van der Waals surface area contributed by atoms with E-state index in [1.54, 1.807) is 0 Å². The van der Waals surface area contributed by atoms with Gasteiger partial charge in [0.05, 0.1) is 5.56 Å². The lowest BCUT2D eigenvalue weighted by molar-refractivity contribution is 0.0931. The maximum Gasteiger partial charge on any atom is 0.254 e. The average Bonchev–Trinajstić information content (AvgIpc) is 2.82. The van der Waals surface area contributed by atoms with E-state index in [4.69, 9.17) is 5.73 Å². The standard InChI is InChI=1S/C11H13FN2O/c1-11(4-5-11)14-10(15)8-3-2-7(13)6-9(8)12/h2-3,6H,4-5,13H2,1H3,(H,14,15). The summed E-state index contributed by atoms with van der Waals surface area (Å²) in [6, 6.07) is 4.09. The van der Waals surface area contributed by atoms with Crippen LogP contribution in [0.15, 0.2) is 18.2 Å². The van der Waals surface area contributed by atoms with Gasteiger partial charge in [-0.05, 0) is 38.0 Å². The minimum Gasteiger partial charge on any atom is -0.399 e. The van der Waals surface area contributed by atoms with E-state index in [2.05, 4.69) is 5.32 Å². The van der Waals surface area contributed by atoms with E-state index in [9.17, 15) is 9.18 Å². The maximum atomic E-state index is 13.4. The lowest BCUT2D eigenvalue weighted by Gasteiger charge is -2.11. The topological polar surface area (TPSA) is 55.1 Å². The predicted octanol–water partition coefficient (Wildman–Crippen LogP) is 1.69. The number of benzene rings is 1. The van der Waals surface area contributed by atoms with Gasteiger partial charge in [-0.1, -0.05) is 0 Å². The van der Waals surface area contributed by atoms with Gasteiger partial charge in [0.1, 0.15) is 5.82 Å². The molecule has 0 spiro atoms. The van der Waals surface area contributed by atoms with Crippen molar-refractivity contribution in [2.24, 2.45) is 0 Å². The first kappa shape index (κ1) is 9.96. The molecule has 4 heteroatoms. The number of anilines is 1. The molecule has 2 rings (SSSR count). The Bertz CT molecular complexity index is 413. The van der Waals surface area contributed by atoms with Crippen molar-refractivity contribution in [3.63, 3.8) is 0 Å². The number of halogens is 1. The minimum atomic E-state index is -0.572. The van der Waals surface area contributed by atoms with Crippen LogP contribution in [0.5, 0.6) is 0 Å². The van der Waals surface area contributed by atoms with Gasteiger partial charge in [0.15, 0.2) is 0 Å². The summed E-state index contributed by atoms with van der Waals surface area (Å²) in [4.78, 5) is 11.6. The predicted molar refractivity (Wildman–Crippen MR) is 55.9 cm³/mol. The van der Waals surface area contributed by atoms with Crippen LogP contribution in [0.4, 0.5) is 10.1 Å². The second-order valence-corrected chi connectivity index (χ2v) is 4.25. The van der Waals surface area contributed by atoms with Crippen LogP contribution >= 0.6 is 0 Å². The number of hydrogen-bond acceptors (Lipinski definition) is 2. The van der Waals surface area contributed by atoms with E-state index >= 15 is 0 Å². The first-order valence-corrected chi connectivity index (χ1v) is 4.88. The van der Waals surface area contributed by atoms with Gasteiger partial charge in [-0.3, -0.25) is 4.79 Å². The molecule has 1 amide bonds. The third kappa shape index (κ3) is 2.09. The summed E-state index contributed by atoms with van der Waals surface area (Å²) in [6.07, 6.45) is 1.91. The molecule has 0 unspecified atom stereocenters. The number of nitrogens with one attached hydrogen (secondary N) is 1. The highest BCUT2D eigenvalue weighted by Crippen LogP contribution is 2.34. The summed E-state index contributed by atoms with van der Waals surface area (Å²) < 4.78 is 13.4. The Labute approximate surface area is 87.5 Å². The molecule has 0 aromatic heterocycles. The largest absolute Gasteiger partial charge is 0.399 e. The van der Waals surface area contributed by atoms with Gasteiger partial charge in [0, 0.05) is 11.2 Å². The van der Waals surface area contributed by atoms with Gasteiger partial charge in [-0.15, -0.1) is 0 Å². The molecule has 1 aliphatic carbocycles. The lowest BCUT2D eigenvalue weighted by Crippen LogP contribution is -2.34. The lowest BCUT2D eigenvalue weighted by atomic mass is 10.1. The highest BCUT2D eigenvalue weighted by atomic mass is 19.1. The van der Waals surface area contributed by atoms with Crippen molar-refractivity contribution in [1.82, 2.24) is 5.32 Å². The SMILES string of the molecule is CC1(NC(=O)c2ccc(N)cc2F)CC1.